The summed E-state index contributed by atoms with van der Waals surface area (Å²) >= 11 is 0. The quantitative estimate of drug-likeness (QED) is 0.574. The molecular weight excluding hydrogens is 132 g/mol. The van der Waals surface area contributed by atoms with Gasteiger partial charge in [-0.3, -0.25) is 9.48 Å². The van der Waals surface area contributed by atoms with E-state index in [4.69, 9.17) is 4.74 Å². The van der Waals surface area contributed by atoms with Crippen LogP contribution in [0.5, 0.6) is 5.88 Å². The molecule has 1 rings (SSSR count). The highest BCUT2D eigenvalue weighted by Gasteiger charge is 2.05. The average molecular weight is 139 g/mol. The summed E-state index contributed by atoms with van der Waals surface area (Å²) in [7, 11) is 3.17. The van der Waals surface area contributed by atoms with E-state index >= 15 is 0 Å². The number of hydrogen-bond donors (Lipinski definition) is 0. The van der Waals surface area contributed by atoms with E-state index in [2.05, 4.69) is 5.10 Å². The van der Waals surface area contributed by atoms with Gasteiger partial charge in [0, 0.05) is 13.2 Å². The minimum Gasteiger partial charge on any atom is -0.479 e. The second kappa shape index (κ2) is 2.51. The molecule has 1 aromatic rings. The Kier molecular flexibility index (Phi) is 1.71. The molecule has 0 spiro atoms. The highest BCUT2D eigenvalue weighted by Crippen LogP contribution is 2.10. The van der Waals surface area contributed by atoms with E-state index in [0.717, 1.165) is 0 Å². The lowest BCUT2D eigenvalue weighted by Crippen LogP contribution is -1.89. The van der Waals surface area contributed by atoms with E-state index in [1.807, 2.05) is 0 Å². The third kappa shape index (κ3) is 1.00. The molecule has 0 saturated heterocycles. The molecule has 10 heavy (non-hydrogen) atoms. The van der Waals surface area contributed by atoms with Crippen LogP contribution in [-0.4, -0.2) is 23.2 Å². The fourth-order valence-corrected chi connectivity index (χ4v) is 0.689. The Balaban J connectivity index is 3.08. The van der Waals surface area contributed by atoms with Crippen molar-refractivity contribution >= 4 is 6.29 Å². The molecule has 1 radical (unpaired) electrons. The van der Waals surface area contributed by atoms with Crippen molar-refractivity contribution in [1.29, 1.82) is 0 Å². The van der Waals surface area contributed by atoms with Gasteiger partial charge in [-0.15, -0.1) is 5.10 Å². The van der Waals surface area contributed by atoms with Crippen molar-refractivity contribution in [2.45, 2.75) is 0 Å². The molecule has 1 heterocycles. The molecule has 0 aliphatic heterocycles. The summed E-state index contributed by atoms with van der Waals surface area (Å²) in [5, 5.41) is 3.83. The summed E-state index contributed by atoms with van der Waals surface area (Å²) in [6, 6.07) is 0. The van der Waals surface area contributed by atoms with Crippen LogP contribution < -0.4 is 4.74 Å². The maximum atomic E-state index is 10.1. The fraction of sp³-hybridized carbons (Fsp3) is 0.333. The Morgan fingerprint density at radius 2 is 2.50 bits per heavy atom. The Morgan fingerprint density at radius 1 is 1.80 bits per heavy atom. The zero-order valence-corrected chi connectivity index (χ0v) is 5.79. The van der Waals surface area contributed by atoms with E-state index in [9.17, 15) is 4.79 Å². The molecule has 0 atom stereocenters. The van der Waals surface area contributed by atoms with Gasteiger partial charge in [0.1, 0.15) is 5.56 Å². The van der Waals surface area contributed by atoms with E-state index in [1.165, 1.54) is 11.8 Å². The van der Waals surface area contributed by atoms with Crippen molar-refractivity contribution in [3.05, 3.63) is 11.8 Å². The third-order valence-electron chi connectivity index (χ3n) is 1.10. The fourth-order valence-electron chi connectivity index (χ4n) is 0.689. The minimum atomic E-state index is 0.317. The maximum Gasteiger partial charge on any atom is 0.243 e. The van der Waals surface area contributed by atoms with E-state index in [0.29, 0.717) is 11.4 Å². The van der Waals surface area contributed by atoms with E-state index < -0.39 is 0 Å². The van der Waals surface area contributed by atoms with Crippen molar-refractivity contribution in [2.75, 3.05) is 7.11 Å². The summed E-state index contributed by atoms with van der Waals surface area (Å²) in [5.41, 5.74) is 0.352. The molecule has 0 bridgehead atoms. The van der Waals surface area contributed by atoms with Gasteiger partial charge >= 0.3 is 0 Å². The zero-order chi connectivity index (χ0) is 7.56. The lowest BCUT2D eigenvalue weighted by molar-refractivity contribution is 0.390. The van der Waals surface area contributed by atoms with Crippen LogP contribution in [0.25, 0.3) is 0 Å². The number of aryl methyl sites for hydroxylation is 1. The summed E-state index contributed by atoms with van der Waals surface area (Å²) < 4.78 is 6.26. The van der Waals surface area contributed by atoms with Crippen LogP contribution in [0.4, 0.5) is 0 Å². The summed E-state index contributed by atoms with van der Waals surface area (Å²) in [6.07, 6.45) is 3.26. The number of methoxy groups -OCH3 is 1. The second-order valence-corrected chi connectivity index (χ2v) is 1.83. The van der Waals surface area contributed by atoms with Crippen LogP contribution in [0.1, 0.15) is 5.56 Å². The van der Waals surface area contributed by atoms with Crippen molar-refractivity contribution in [3.8, 4) is 5.88 Å². The predicted octanol–water partition coefficient (Wildman–Crippen LogP) is -0.114. The molecule has 4 heteroatoms. The zero-order valence-electron chi connectivity index (χ0n) is 5.79. The topological polar surface area (TPSA) is 44.1 Å². The first-order valence-corrected chi connectivity index (χ1v) is 2.73. The Bertz CT molecular complexity index is 242. The number of nitrogens with zero attached hydrogens (tertiary/aromatic N) is 2. The largest absolute Gasteiger partial charge is 0.479 e. The van der Waals surface area contributed by atoms with Gasteiger partial charge in [-0.2, -0.15) is 0 Å². The molecule has 0 unspecified atom stereocenters. The molecule has 0 aromatic carbocycles. The molecule has 0 fully saturated rings. The van der Waals surface area contributed by atoms with Crippen LogP contribution in [0.3, 0.4) is 0 Å². The number of aromatic nitrogens is 2. The van der Waals surface area contributed by atoms with Gasteiger partial charge in [0.15, 0.2) is 0 Å². The highest BCUT2D eigenvalue weighted by molar-refractivity contribution is 5.78. The smallest absolute Gasteiger partial charge is 0.243 e. The number of ether oxygens (including phenoxy) is 1. The Labute approximate surface area is 58.4 Å². The number of rotatable bonds is 2. The van der Waals surface area contributed by atoms with Gasteiger partial charge in [-0.1, -0.05) is 0 Å². The second-order valence-electron chi connectivity index (χ2n) is 1.83. The molecule has 1 aromatic heterocycles. The van der Waals surface area contributed by atoms with Crippen molar-refractivity contribution < 1.29 is 9.53 Å². The molecule has 0 N–H and O–H groups in total. The monoisotopic (exact) mass is 139 g/mol. The molecule has 0 amide bonds. The predicted molar refractivity (Wildman–Crippen MR) is 34.6 cm³/mol. The molecule has 0 aliphatic rings. The first kappa shape index (κ1) is 6.80. The molecular formula is C6H7N2O2. The minimum absolute atomic E-state index is 0.317. The van der Waals surface area contributed by atoms with Crippen LogP contribution in [-0.2, 0) is 11.8 Å². The molecule has 53 valence electrons. The van der Waals surface area contributed by atoms with Gasteiger partial charge < -0.3 is 4.74 Å². The van der Waals surface area contributed by atoms with Crippen LogP contribution >= 0.6 is 0 Å². The van der Waals surface area contributed by atoms with Crippen LogP contribution in [0.2, 0.25) is 0 Å². The van der Waals surface area contributed by atoms with Crippen molar-refractivity contribution in [1.82, 2.24) is 9.78 Å². The lowest BCUT2D eigenvalue weighted by Gasteiger charge is -1.89. The third-order valence-corrected chi connectivity index (χ3v) is 1.10. The number of hydrogen-bond acceptors (Lipinski definition) is 3. The maximum absolute atomic E-state index is 10.1. The Hall–Kier alpha value is -1.32. The van der Waals surface area contributed by atoms with Gasteiger partial charge in [-0.05, 0) is 0 Å². The van der Waals surface area contributed by atoms with Gasteiger partial charge in [-0.25, -0.2) is 0 Å². The summed E-state index contributed by atoms with van der Waals surface area (Å²) in [4.78, 5) is 10.1. The van der Waals surface area contributed by atoms with Crippen molar-refractivity contribution in [3.63, 3.8) is 0 Å². The van der Waals surface area contributed by atoms with E-state index in [-0.39, 0.29) is 0 Å². The first-order chi connectivity index (χ1) is 4.77. The number of carbonyl (C=O) groups excluding carboxylic acids is 1. The standard InChI is InChI=1S/C6H7N2O2/c1-8-3-5(4-9)6(7-8)10-2/h3H,1-2H3. The average Bonchev–Trinajstić information content (AvgIpc) is 2.30. The van der Waals surface area contributed by atoms with Gasteiger partial charge in [0.05, 0.1) is 7.11 Å². The van der Waals surface area contributed by atoms with Gasteiger partial charge in [0.25, 0.3) is 0 Å². The SMILES string of the molecule is COc1nn(C)cc1[C]=O. The normalized spacial score (nSPS) is 9.40. The van der Waals surface area contributed by atoms with Gasteiger partial charge in [0.2, 0.25) is 12.2 Å². The van der Waals surface area contributed by atoms with E-state index in [1.54, 1.807) is 19.5 Å². The summed E-state index contributed by atoms with van der Waals surface area (Å²) in [6.45, 7) is 0. The summed E-state index contributed by atoms with van der Waals surface area (Å²) in [5.74, 6) is 0.317. The molecule has 0 aliphatic carbocycles. The lowest BCUT2D eigenvalue weighted by atomic mass is 10.4. The first-order valence-electron chi connectivity index (χ1n) is 2.73. The van der Waals surface area contributed by atoms with Crippen LogP contribution in [0.15, 0.2) is 6.20 Å². The molecule has 4 nitrogen and oxygen atoms in total. The van der Waals surface area contributed by atoms with Crippen molar-refractivity contribution in [2.24, 2.45) is 7.05 Å². The highest BCUT2D eigenvalue weighted by atomic mass is 16.5. The Morgan fingerprint density at radius 3 is 2.90 bits per heavy atom. The molecule has 0 saturated carbocycles. The van der Waals surface area contributed by atoms with Crippen LogP contribution in [0, 0.1) is 0 Å².